The van der Waals surface area contributed by atoms with Crippen molar-refractivity contribution in [2.45, 2.75) is 39.4 Å². The Labute approximate surface area is 121 Å². The summed E-state index contributed by atoms with van der Waals surface area (Å²) in [6.07, 6.45) is -4.83. The molecule has 1 saturated heterocycles. The third-order valence-corrected chi connectivity index (χ3v) is 4.13. The van der Waals surface area contributed by atoms with E-state index in [0.717, 1.165) is 0 Å². The van der Waals surface area contributed by atoms with Crippen LogP contribution in [0.2, 0.25) is 0 Å². The van der Waals surface area contributed by atoms with Gasteiger partial charge in [0.15, 0.2) is 0 Å². The van der Waals surface area contributed by atoms with E-state index < -0.39 is 23.7 Å². The number of alkyl halides is 3. The number of nitrogens with zero attached hydrogens (tertiary/aromatic N) is 1. The average molecular weight is 312 g/mol. The van der Waals surface area contributed by atoms with Crippen molar-refractivity contribution in [3.8, 4) is 0 Å². The van der Waals surface area contributed by atoms with Crippen LogP contribution in [-0.4, -0.2) is 40.9 Å². The molecule has 0 saturated carbocycles. The summed E-state index contributed by atoms with van der Waals surface area (Å²) in [5, 5.41) is 1.74. The van der Waals surface area contributed by atoms with Crippen molar-refractivity contribution < 1.29 is 22.8 Å². The van der Waals surface area contributed by atoms with Gasteiger partial charge in [-0.25, -0.2) is 4.79 Å². The zero-order valence-corrected chi connectivity index (χ0v) is 12.7. The zero-order valence-electron chi connectivity index (χ0n) is 11.8. The number of halogens is 3. The Morgan fingerprint density at radius 1 is 1.30 bits per heavy atom. The standard InChI is InChI=1S/C12H19F3N2O2S/c1-10(2,3)7(6-20)5-17-8(18)11(4,12(13,14)15)16-9(17)19/h7,20H,5-6H2,1-4H3,(H,16,19). The fourth-order valence-corrected chi connectivity index (χ4v) is 2.54. The quantitative estimate of drug-likeness (QED) is 0.621. The lowest BCUT2D eigenvalue weighted by atomic mass is 9.81. The van der Waals surface area contributed by atoms with Crippen LogP contribution < -0.4 is 5.32 Å². The fourth-order valence-electron chi connectivity index (χ4n) is 1.88. The molecule has 0 aromatic carbocycles. The molecule has 1 aliphatic heterocycles. The van der Waals surface area contributed by atoms with Crippen molar-refractivity contribution in [1.29, 1.82) is 0 Å². The summed E-state index contributed by atoms with van der Waals surface area (Å²) in [6, 6.07) is -1.01. The molecule has 0 spiro atoms. The first-order valence-corrected chi connectivity index (χ1v) is 6.79. The lowest BCUT2D eigenvalue weighted by molar-refractivity contribution is -0.191. The summed E-state index contributed by atoms with van der Waals surface area (Å²) in [6.45, 7) is 6.25. The summed E-state index contributed by atoms with van der Waals surface area (Å²) >= 11 is 4.15. The highest BCUT2D eigenvalue weighted by molar-refractivity contribution is 7.80. The van der Waals surface area contributed by atoms with Gasteiger partial charge >= 0.3 is 12.2 Å². The predicted molar refractivity (Wildman–Crippen MR) is 71.5 cm³/mol. The SMILES string of the molecule is CC(C)(C)C(CS)CN1C(=O)NC(C)(C(F)(F)F)C1=O. The molecule has 116 valence electrons. The van der Waals surface area contributed by atoms with Crippen molar-refractivity contribution in [2.24, 2.45) is 11.3 Å². The fraction of sp³-hybridized carbons (Fsp3) is 0.833. The highest BCUT2D eigenvalue weighted by Crippen LogP contribution is 2.36. The molecule has 0 aromatic rings. The van der Waals surface area contributed by atoms with Gasteiger partial charge < -0.3 is 5.32 Å². The van der Waals surface area contributed by atoms with Gasteiger partial charge in [0.25, 0.3) is 5.91 Å². The van der Waals surface area contributed by atoms with Gasteiger partial charge in [-0.1, -0.05) is 20.8 Å². The van der Waals surface area contributed by atoms with E-state index in [4.69, 9.17) is 0 Å². The number of urea groups is 1. The van der Waals surface area contributed by atoms with Gasteiger partial charge in [0.2, 0.25) is 5.54 Å². The van der Waals surface area contributed by atoms with Crippen molar-refractivity contribution in [3.05, 3.63) is 0 Å². The van der Waals surface area contributed by atoms with Crippen molar-refractivity contribution in [1.82, 2.24) is 10.2 Å². The van der Waals surface area contributed by atoms with Crippen molar-refractivity contribution in [3.63, 3.8) is 0 Å². The number of hydrogen-bond donors (Lipinski definition) is 2. The van der Waals surface area contributed by atoms with Gasteiger partial charge in [-0.15, -0.1) is 0 Å². The van der Waals surface area contributed by atoms with Gasteiger partial charge in [-0.3, -0.25) is 9.69 Å². The minimum atomic E-state index is -4.83. The number of hydrogen-bond acceptors (Lipinski definition) is 3. The molecule has 0 aromatic heterocycles. The molecule has 8 heteroatoms. The molecule has 3 amide bonds. The maximum atomic E-state index is 12.9. The van der Waals surface area contributed by atoms with Crippen LogP contribution in [0.25, 0.3) is 0 Å². The zero-order chi connectivity index (χ0) is 15.9. The Bertz CT molecular complexity index is 420. The molecule has 0 aliphatic carbocycles. The van der Waals surface area contributed by atoms with E-state index in [1.807, 2.05) is 20.8 Å². The van der Waals surface area contributed by atoms with Gasteiger partial charge in [-0.05, 0) is 24.0 Å². The predicted octanol–water partition coefficient (Wildman–Crippen LogP) is 2.45. The third-order valence-electron chi connectivity index (χ3n) is 3.69. The Morgan fingerprint density at radius 2 is 1.80 bits per heavy atom. The normalized spacial score (nSPS) is 25.9. The number of rotatable bonds is 3. The summed E-state index contributed by atoms with van der Waals surface area (Å²) in [5.41, 5.74) is -3.12. The average Bonchev–Trinajstić information content (AvgIpc) is 2.46. The monoisotopic (exact) mass is 312 g/mol. The molecule has 0 bridgehead atoms. The number of carbonyl (C=O) groups is 2. The third kappa shape index (κ3) is 2.89. The number of nitrogens with one attached hydrogen (secondary N) is 1. The Morgan fingerprint density at radius 3 is 2.10 bits per heavy atom. The van der Waals surface area contributed by atoms with E-state index in [9.17, 15) is 22.8 Å². The molecule has 1 N–H and O–H groups in total. The van der Waals surface area contributed by atoms with E-state index >= 15 is 0 Å². The lowest BCUT2D eigenvalue weighted by Gasteiger charge is -2.32. The van der Waals surface area contributed by atoms with Crippen LogP contribution in [0.4, 0.5) is 18.0 Å². The molecule has 1 aliphatic rings. The van der Waals surface area contributed by atoms with Crippen LogP contribution in [0.5, 0.6) is 0 Å². The first kappa shape index (κ1) is 17.1. The second-order valence-corrected chi connectivity index (χ2v) is 6.58. The second-order valence-electron chi connectivity index (χ2n) is 6.21. The molecular formula is C12H19F3N2O2S. The van der Waals surface area contributed by atoms with Crippen molar-refractivity contribution >= 4 is 24.6 Å². The van der Waals surface area contributed by atoms with E-state index in [0.29, 0.717) is 17.6 Å². The maximum Gasteiger partial charge on any atom is 0.420 e. The van der Waals surface area contributed by atoms with Gasteiger partial charge in [0.05, 0.1) is 0 Å². The Hall–Kier alpha value is -0.920. The van der Waals surface area contributed by atoms with Crippen LogP contribution >= 0.6 is 12.6 Å². The molecular weight excluding hydrogens is 293 g/mol. The number of imide groups is 1. The summed E-state index contributed by atoms with van der Waals surface area (Å²) in [7, 11) is 0. The van der Waals surface area contributed by atoms with E-state index in [-0.39, 0.29) is 17.9 Å². The second kappa shape index (κ2) is 5.13. The molecule has 2 atom stereocenters. The van der Waals surface area contributed by atoms with Crippen LogP contribution in [-0.2, 0) is 4.79 Å². The first-order valence-electron chi connectivity index (χ1n) is 6.16. The van der Waals surface area contributed by atoms with E-state index in [1.165, 1.54) is 0 Å². The Balaban J connectivity index is 3.00. The molecule has 1 heterocycles. The topological polar surface area (TPSA) is 49.4 Å². The smallest absolute Gasteiger partial charge is 0.316 e. The number of amides is 3. The van der Waals surface area contributed by atoms with Crippen molar-refractivity contribution in [2.75, 3.05) is 12.3 Å². The minimum Gasteiger partial charge on any atom is -0.316 e. The lowest BCUT2D eigenvalue weighted by Crippen LogP contribution is -2.56. The molecule has 1 rings (SSSR count). The van der Waals surface area contributed by atoms with Gasteiger partial charge in [0.1, 0.15) is 0 Å². The van der Waals surface area contributed by atoms with Crippen LogP contribution in [0.3, 0.4) is 0 Å². The molecule has 20 heavy (non-hydrogen) atoms. The summed E-state index contributed by atoms with van der Waals surface area (Å²) < 4.78 is 38.8. The summed E-state index contributed by atoms with van der Waals surface area (Å²) in [5.74, 6) is -1.09. The highest BCUT2D eigenvalue weighted by Gasteiger charge is 2.64. The Kier molecular flexibility index (Phi) is 4.39. The van der Waals surface area contributed by atoms with Gasteiger partial charge in [0, 0.05) is 6.54 Å². The van der Waals surface area contributed by atoms with Gasteiger partial charge in [-0.2, -0.15) is 25.8 Å². The van der Waals surface area contributed by atoms with Crippen LogP contribution in [0.1, 0.15) is 27.7 Å². The van der Waals surface area contributed by atoms with E-state index in [1.54, 1.807) is 5.32 Å². The van der Waals surface area contributed by atoms with Crippen LogP contribution in [0.15, 0.2) is 0 Å². The summed E-state index contributed by atoms with van der Waals surface area (Å²) in [4.78, 5) is 24.3. The number of thiol groups is 1. The first-order chi connectivity index (χ1) is 8.84. The molecule has 2 unspecified atom stereocenters. The molecule has 4 nitrogen and oxygen atoms in total. The molecule has 1 fully saturated rings. The highest BCUT2D eigenvalue weighted by atomic mass is 32.1. The van der Waals surface area contributed by atoms with Crippen LogP contribution in [0, 0.1) is 11.3 Å². The largest absolute Gasteiger partial charge is 0.420 e. The number of carbonyl (C=O) groups excluding carboxylic acids is 2. The molecule has 0 radical (unpaired) electrons. The maximum absolute atomic E-state index is 12.9. The van der Waals surface area contributed by atoms with E-state index in [2.05, 4.69) is 12.6 Å². The minimum absolute atomic E-state index is 0.0800.